The lowest BCUT2D eigenvalue weighted by Gasteiger charge is -2.05. The van der Waals surface area contributed by atoms with Gasteiger partial charge in [0.1, 0.15) is 0 Å². The molecule has 0 aliphatic heterocycles. The normalized spacial score (nSPS) is 10.1. The smallest absolute Gasteiger partial charge is 0.0867 e. The molecule has 0 aliphatic carbocycles. The van der Waals surface area contributed by atoms with Crippen molar-refractivity contribution >= 4 is 12.0 Å². The molecule has 0 amide bonds. The van der Waals surface area contributed by atoms with Crippen molar-refractivity contribution in [1.29, 1.82) is 0 Å². The second-order valence-electron chi connectivity index (χ2n) is 4.42. The van der Waals surface area contributed by atoms with Crippen molar-refractivity contribution in [3.63, 3.8) is 0 Å². The van der Waals surface area contributed by atoms with E-state index in [-0.39, 0.29) is 0 Å². The van der Waals surface area contributed by atoms with Gasteiger partial charge in [-0.2, -0.15) is 0 Å². The quantitative estimate of drug-likeness (QED) is 0.507. The number of nitrogens with zero attached hydrogens (tertiary/aromatic N) is 1. The second kappa shape index (κ2) is 7.16. The highest BCUT2D eigenvalue weighted by Crippen LogP contribution is 2.15. The summed E-state index contributed by atoms with van der Waals surface area (Å²) in [5.41, 5.74) is 4.27. The number of nitrogens with one attached hydrogen (secondary N) is 1. The SMILES string of the molecule is CCN=CNc1ccc(C#Cc2ccccc2)cc1C. The third kappa shape index (κ3) is 4.00. The van der Waals surface area contributed by atoms with Gasteiger partial charge >= 0.3 is 0 Å². The first-order chi connectivity index (χ1) is 9.79. The van der Waals surface area contributed by atoms with E-state index >= 15 is 0 Å². The lowest BCUT2D eigenvalue weighted by molar-refractivity contribution is 1.14. The fourth-order valence-electron chi connectivity index (χ4n) is 1.78. The number of hydrogen-bond donors (Lipinski definition) is 1. The molecule has 0 spiro atoms. The van der Waals surface area contributed by atoms with Crippen LogP contribution in [0.1, 0.15) is 23.6 Å². The predicted molar refractivity (Wildman–Crippen MR) is 86.3 cm³/mol. The molecule has 0 aromatic heterocycles. The molecule has 0 radical (unpaired) electrons. The highest BCUT2D eigenvalue weighted by atomic mass is 14.9. The summed E-state index contributed by atoms with van der Waals surface area (Å²) in [6.07, 6.45) is 1.73. The Balaban J connectivity index is 2.13. The van der Waals surface area contributed by atoms with E-state index in [2.05, 4.69) is 35.1 Å². The zero-order valence-electron chi connectivity index (χ0n) is 11.9. The van der Waals surface area contributed by atoms with E-state index in [9.17, 15) is 0 Å². The molecule has 100 valence electrons. The summed E-state index contributed by atoms with van der Waals surface area (Å²) in [7, 11) is 0. The average Bonchev–Trinajstić information content (AvgIpc) is 2.48. The molecule has 2 heteroatoms. The Hall–Kier alpha value is -2.53. The van der Waals surface area contributed by atoms with Crippen LogP contribution in [-0.2, 0) is 0 Å². The molecule has 20 heavy (non-hydrogen) atoms. The van der Waals surface area contributed by atoms with Crippen LogP contribution >= 0.6 is 0 Å². The molecule has 2 aromatic carbocycles. The van der Waals surface area contributed by atoms with E-state index in [1.165, 1.54) is 0 Å². The molecule has 2 aromatic rings. The third-order valence-electron chi connectivity index (χ3n) is 2.85. The summed E-state index contributed by atoms with van der Waals surface area (Å²) in [4.78, 5) is 4.14. The van der Waals surface area contributed by atoms with Crippen LogP contribution in [0.2, 0.25) is 0 Å². The van der Waals surface area contributed by atoms with Gasteiger partial charge in [0.15, 0.2) is 0 Å². The van der Waals surface area contributed by atoms with E-state index in [1.54, 1.807) is 6.34 Å². The number of rotatable bonds is 3. The Labute approximate surface area is 120 Å². The number of hydrogen-bond acceptors (Lipinski definition) is 1. The Kier molecular flexibility index (Phi) is 4.97. The highest BCUT2D eigenvalue weighted by Gasteiger charge is 1.96. The number of benzene rings is 2. The molecule has 0 atom stereocenters. The van der Waals surface area contributed by atoms with Crippen molar-refractivity contribution in [2.45, 2.75) is 13.8 Å². The Morgan fingerprint density at radius 1 is 1.05 bits per heavy atom. The molecule has 0 saturated heterocycles. The molecule has 0 heterocycles. The van der Waals surface area contributed by atoms with Crippen LogP contribution < -0.4 is 5.32 Å². The maximum absolute atomic E-state index is 4.14. The molecule has 0 aliphatic rings. The molecule has 2 rings (SSSR count). The van der Waals surface area contributed by atoms with Crippen LogP contribution in [0.25, 0.3) is 0 Å². The topological polar surface area (TPSA) is 24.4 Å². The molecular formula is C18H18N2. The van der Waals surface area contributed by atoms with Gasteiger partial charge in [0.25, 0.3) is 0 Å². The summed E-state index contributed by atoms with van der Waals surface area (Å²) in [6, 6.07) is 16.1. The second-order valence-corrected chi connectivity index (χ2v) is 4.42. The predicted octanol–water partition coefficient (Wildman–Crippen LogP) is 3.85. The maximum Gasteiger partial charge on any atom is 0.0867 e. The van der Waals surface area contributed by atoms with Crippen molar-refractivity contribution in [1.82, 2.24) is 0 Å². The van der Waals surface area contributed by atoms with E-state index in [1.807, 2.05) is 49.4 Å². The van der Waals surface area contributed by atoms with E-state index < -0.39 is 0 Å². The fraction of sp³-hybridized carbons (Fsp3) is 0.167. The first kappa shape index (κ1) is 13.9. The van der Waals surface area contributed by atoms with Crippen LogP contribution in [0, 0.1) is 18.8 Å². The van der Waals surface area contributed by atoms with Crippen molar-refractivity contribution in [3.8, 4) is 11.8 Å². The molecule has 2 nitrogen and oxygen atoms in total. The number of anilines is 1. The summed E-state index contributed by atoms with van der Waals surface area (Å²) in [6.45, 7) is 4.86. The maximum atomic E-state index is 4.14. The Morgan fingerprint density at radius 3 is 2.50 bits per heavy atom. The minimum absolute atomic E-state index is 0.784. The summed E-state index contributed by atoms with van der Waals surface area (Å²) in [5.74, 6) is 6.35. The third-order valence-corrected chi connectivity index (χ3v) is 2.85. The van der Waals surface area contributed by atoms with Gasteiger partial charge in [-0.25, -0.2) is 0 Å². The van der Waals surface area contributed by atoms with Crippen molar-refractivity contribution in [2.24, 2.45) is 4.99 Å². The standard InChI is InChI=1S/C18H18N2/c1-3-19-14-20-18-12-11-17(13-15(18)2)10-9-16-7-5-4-6-8-16/h4-8,11-14H,3H2,1-2H3,(H,19,20). The first-order valence-corrected chi connectivity index (χ1v) is 6.72. The zero-order valence-corrected chi connectivity index (χ0v) is 11.9. The summed E-state index contributed by atoms with van der Waals surface area (Å²) < 4.78 is 0. The van der Waals surface area contributed by atoms with Gasteiger partial charge in [0.2, 0.25) is 0 Å². The van der Waals surface area contributed by atoms with Crippen LogP contribution in [-0.4, -0.2) is 12.9 Å². The van der Waals surface area contributed by atoms with Crippen LogP contribution in [0.5, 0.6) is 0 Å². The highest BCUT2D eigenvalue weighted by molar-refractivity contribution is 5.77. The van der Waals surface area contributed by atoms with E-state index in [4.69, 9.17) is 0 Å². The van der Waals surface area contributed by atoms with Gasteiger partial charge in [0, 0.05) is 23.4 Å². The minimum atomic E-state index is 0.784. The molecular weight excluding hydrogens is 244 g/mol. The molecule has 0 bridgehead atoms. The van der Waals surface area contributed by atoms with Gasteiger partial charge in [-0.1, -0.05) is 30.0 Å². The fourth-order valence-corrected chi connectivity index (χ4v) is 1.78. The summed E-state index contributed by atoms with van der Waals surface area (Å²) >= 11 is 0. The first-order valence-electron chi connectivity index (χ1n) is 6.72. The number of aliphatic imine (C=N–C) groups is 1. The monoisotopic (exact) mass is 262 g/mol. The molecule has 0 fully saturated rings. The van der Waals surface area contributed by atoms with E-state index in [0.717, 1.165) is 28.9 Å². The average molecular weight is 262 g/mol. The van der Waals surface area contributed by atoms with Gasteiger partial charge in [-0.05, 0) is 49.7 Å². The lowest BCUT2D eigenvalue weighted by atomic mass is 10.1. The molecule has 1 N–H and O–H groups in total. The minimum Gasteiger partial charge on any atom is -0.347 e. The summed E-state index contributed by atoms with van der Waals surface area (Å²) in [5, 5.41) is 3.18. The zero-order chi connectivity index (χ0) is 14.2. The van der Waals surface area contributed by atoms with Gasteiger partial charge in [-0.3, -0.25) is 4.99 Å². The largest absolute Gasteiger partial charge is 0.347 e. The number of aryl methyl sites for hydroxylation is 1. The van der Waals surface area contributed by atoms with Crippen molar-refractivity contribution in [3.05, 3.63) is 65.2 Å². The van der Waals surface area contributed by atoms with Crippen LogP contribution in [0.3, 0.4) is 0 Å². The Bertz CT molecular complexity index is 646. The van der Waals surface area contributed by atoms with Gasteiger partial charge < -0.3 is 5.32 Å². The lowest BCUT2D eigenvalue weighted by Crippen LogP contribution is -1.97. The van der Waals surface area contributed by atoms with Gasteiger partial charge in [0.05, 0.1) is 6.34 Å². The van der Waals surface area contributed by atoms with Crippen molar-refractivity contribution < 1.29 is 0 Å². The van der Waals surface area contributed by atoms with Crippen LogP contribution in [0.4, 0.5) is 5.69 Å². The van der Waals surface area contributed by atoms with Crippen LogP contribution in [0.15, 0.2) is 53.5 Å². The van der Waals surface area contributed by atoms with Crippen molar-refractivity contribution in [2.75, 3.05) is 11.9 Å². The van der Waals surface area contributed by atoms with E-state index in [0.29, 0.717) is 0 Å². The van der Waals surface area contributed by atoms with Gasteiger partial charge in [-0.15, -0.1) is 0 Å². The molecule has 0 unspecified atom stereocenters. The Morgan fingerprint density at radius 2 is 1.80 bits per heavy atom. The molecule has 0 saturated carbocycles.